The van der Waals surface area contributed by atoms with Crippen LogP contribution in [0.1, 0.15) is 11.7 Å². The van der Waals surface area contributed by atoms with E-state index in [2.05, 4.69) is 31.9 Å². The van der Waals surface area contributed by atoms with Gasteiger partial charge in [-0.2, -0.15) is 11.1 Å². The van der Waals surface area contributed by atoms with Crippen molar-refractivity contribution >= 4 is 20.9 Å². The van der Waals surface area contributed by atoms with Gasteiger partial charge in [0.2, 0.25) is 0 Å². The molecule has 0 bridgehead atoms. The fraction of sp³-hybridized carbons (Fsp3) is 0.0667. The summed E-state index contributed by atoms with van der Waals surface area (Å²) in [6.07, 6.45) is 2.59. The van der Waals surface area contributed by atoms with Crippen LogP contribution < -0.4 is 27.1 Å². The van der Waals surface area contributed by atoms with E-state index in [0.29, 0.717) is 11.1 Å². The minimum absolute atomic E-state index is 0.193. The number of hydrogen-bond acceptors (Lipinski definition) is 8. The molecule has 6 N–H and O–H groups in total. The van der Waals surface area contributed by atoms with E-state index in [0.717, 1.165) is 16.5 Å². The van der Waals surface area contributed by atoms with Crippen molar-refractivity contribution in [2.45, 2.75) is 11.2 Å². The molecule has 0 saturated carbocycles. The van der Waals surface area contributed by atoms with E-state index in [4.69, 9.17) is 5.14 Å². The Hall–Kier alpha value is -2.47. The number of aromatic nitrogens is 2. The normalized spacial score (nSPS) is 15.7. The van der Waals surface area contributed by atoms with Crippen molar-refractivity contribution in [3.8, 4) is 11.1 Å². The Morgan fingerprint density at radius 1 is 1.00 bits per heavy atom. The molecule has 0 spiro atoms. The van der Waals surface area contributed by atoms with Crippen LogP contribution in [0.15, 0.2) is 53.8 Å². The molecule has 128 valence electrons. The van der Waals surface area contributed by atoms with Crippen molar-refractivity contribution in [1.29, 1.82) is 0 Å². The van der Waals surface area contributed by atoms with Gasteiger partial charge < -0.3 is 0 Å². The summed E-state index contributed by atoms with van der Waals surface area (Å²) < 4.78 is 24.0. The lowest BCUT2D eigenvalue weighted by atomic mass is 9.99. The second kappa shape index (κ2) is 6.11. The van der Waals surface area contributed by atoms with Gasteiger partial charge in [0, 0.05) is 23.3 Å². The summed E-state index contributed by atoms with van der Waals surface area (Å²) in [5, 5.41) is 6.17. The molecule has 4 rings (SSSR count). The van der Waals surface area contributed by atoms with E-state index >= 15 is 0 Å². The minimum atomic E-state index is -4.01. The SMILES string of the molecule is NS(=O)(=O)c1nccc(-c2ccc3cccnc3c2)c1C1NNNN1. The monoisotopic (exact) mass is 357 g/mol. The van der Waals surface area contributed by atoms with Crippen LogP contribution in [0.5, 0.6) is 0 Å². The number of benzene rings is 1. The van der Waals surface area contributed by atoms with Crippen molar-refractivity contribution < 1.29 is 8.42 Å². The molecule has 0 radical (unpaired) electrons. The third-order valence-corrected chi connectivity index (χ3v) is 4.79. The molecule has 3 heterocycles. The first-order valence-electron chi connectivity index (χ1n) is 7.42. The second-order valence-corrected chi connectivity index (χ2v) is 6.98. The van der Waals surface area contributed by atoms with E-state index in [1.807, 2.05) is 30.3 Å². The first-order valence-corrected chi connectivity index (χ1v) is 8.96. The predicted molar refractivity (Wildman–Crippen MR) is 91.6 cm³/mol. The molecule has 1 aromatic carbocycles. The number of sulfonamides is 1. The summed E-state index contributed by atoms with van der Waals surface area (Å²) in [4.78, 5) is 8.33. The van der Waals surface area contributed by atoms with Gasteiger partial charge in [-0.05, 0) is 29.3 Å². The lowest BCUT2D eigenvalue weighted by Crippen LogP contribution is -2.33. The summed E-state index contributed by atoms with van der Waals surface area (Å²) in [6, 6.07) is 11.3. The number of rotatable bonds is 3. The standard InChI is InChI=1S/C15H15N7O2S/c16-25(23,24)15-13(14-19-21-22-20-14)11(5-7-18-15)10-4-3-9-2-1-6-17-12(9)8-10/h1-8,14,19-22H,(H2,16,23,24). The van der Waals surface area contributed by atoms with Crippen molar-refractivity contribution in [2.75, 3.05) is 0 Å². The zero-order valence-corrected chi connectivity index (χ0v) is 13.7. The topological polar surface area (TPSA) is 134 Å². The average Bonchev–Trinajstić information content (AvgIpc) is 3.14. The lowest BCUT2D eigenvalue weighted by molar-refractivity contribution is 0.534. The Bertz CT molecular complexity index is 1050. The maximum Gasteiger partial charge on any atom is 0.255 e. The Morgan fingerprint density at radius 2 is 1.80 bits per heavy atom. The number of pyridine rings is 2. The maximum atomic E-state index is 12.0. The molecule has 0 atom stereocenters. The van der Waals surface area contributed by atoms with Crippen molar-refractivity contribution in [1.82, 2.24) is 31.9 Å². The third kappa shape index (κ3) is 2.98. The highest BCUT2D eigenvalue weighted by molar-refractivity contribution is 7.89. The average molecular weight is 357 g/mol. The molecule has 2 aromatic heterocycles. The Kier molecular flexibility index (Phi) is 3.92. The summed E-state index contributed by atoms with van der Waals surface area (Å²) in [6.45, 7) is 0. The van der Waals surface area contributed by atoms with Crippen LogP contribution in [0.4, 0.5) is 0 Å². The molecule has 1 aliphatic rings. The second-order valence-electron chi connectivity index (χ2n) is 5.50. The van der Waals surface area contributed by atoms with Crippen LogP contribution in [-0.4, -0.2) is 18.4 Å². The molecule has 1 fully saturated rings. The lowest BCUT2D eigenvalue weighted by Gasteiger charge is -2.18. The van der Waals surface area contributed by atoms with Gasteiger partial charge in [0.15, 0.2) is 5.03 Å². The molecule has 0 amide bonds. The highest BCUT2D eigenvalue weighted by Crippen LogP contribution is 2.32. The first kappa shape index (κ1) is 16.0. The highest BCUT2D eigenvalue weighted by atomic mass is 32.2. The Labute approximate surface area is 143 Å². The van der Waals surface area contributed by atoms with E-state index in [-0.39, 0.29) is 5.03 Å². The number of hydrazine groups is 3. The minimum Gasteiger partial charge on any atom is -0.256 e. The number of hydrogen-bond donors (Lipinski definition) is 5. The van der Waals surface area contributed by atoms with Crippen LogP contribution in [0.2, 0.25) is 0 Å². The summed E-state index contributed by atoms with van der Waals surface area (Å²) in [7, 11) is -4.01. The summed E-state index contributed by atoms with van der Waals surface area (Å²) in [5.74, 6) is 0. The molecule has 1 aliphatic heterocycles. The van der Waals surface area contributed by atoms with Gasteiger partial charge in [-0.3, -0.25) is 4.98 Å². The zero-order chi connectivity index (χ0) is 17.4. The fourth-order valence-corrected chi connectivity index (χ4v) is 3.58. The smallest absolute Gasteiger partial charge is 0.255 e. The molecule has 10 heteroatoms. The molecule has 9 nitrogen and oxygen atoms in total. The van der Waals surface area contributed by atoms with Crippen LogP contribution in [-0.2, 0) is 10.0 Å². The fourth-order valence-electron chi connectivity index (χ4n) is 2.84. The predicted octanol–water partition coefficient (Wildman–Crippen LogP) is 0.0598. The van der Waals surface area contributed by atoms with Crippen molar-refractivity contribution in [3.63, 3.8) is 0 Å². The molecule has 3 aromatic rings. The number of nitrogens with two attached hydrogens (primary N) is 1. The number of fused-ring (bicyclic) bond motifs is 1. The van der Waals surface area contributed by atoms with Gasteiger partial charge in [0.1, 0.15) is 6.17 Å². The third-order valence-electron chi connectivity index (χ3n) is 3.92. The molecule has 0 unspecified atom stereocenters. The number of nitrogens with zero attached hydrogens (tertiary/aromatic N) is 2. The van der Waals surface area contributed by atoms with Crippen LogP contribution in [0, 0.1) is 0 Å². The van der Waals surface area contributed by atoms with E-state index in [1.165, 1.54) is 6.20 Å². The van der Waals surface area contributed by atoms with Crippen LogP contribution in [0.25, 0.3) is 22.0 Å². The van der Waals surface area contributed by atoms with E-state index < -0.39 is 16.2 Å². The van der Waals surface area contributed by atoms with Gasteiger partial charge in [0.05, 0.1) is 5.52 Å². The van der Waals surface area contributed by atoms with E-state index in [9.17, 15) is 8.42 Å². The largest absolute Gasteiger partial charge is 0.256 e. The highest BCUT2D eigenvalue weighted by Gasteiger charge is 2.28. The van der Waals surface area contributed by atoms with Crippen molar-refractivity contribution in [2.24, 2.45) is 5.14 Å². The number of primary sulfonamides is 1. The zero-order valence-electron chi connectivity index (χ0n) is 12.9. The summed E-state index contributed by atoms with van der Waals surface area (Å²) >= 11 is 0. The van der Waals surface area contributed by atoms with Gasteiger partial charge in [-0.25, -0.2) is 29.4 Å². The first-order chi connectivity index (χ1) is 12.0. The molecule has 25 heavy (non-hydrogen) atoms. The molecule has 1 saturated heterocycles. The maximum absolute atomic E-state index is 12.0. The molecule has 0 aliphatic carbocycles. The van der Waals surface area contributed by atoms with Gasteiger partial charge >= 0.3 is 0 Å². The quantitative estimate of drug-likeness (QED) is 0.444. The molecular formula is C15H15N7O2S. The number of nitrogens with one attached hydrogen (secondary N) is 4. The van der Waals surface area contributed by atoms with Gasteiger partial charge in [-0.15, -0.1) is 0 Å². The van der Waals surface area contributed by atoms with Gasteiger partial charge in [0.25, 0.3) is 10.0 Å². The van der Waals surface area contributed by atoms with Crippen molar-refractivity contribution in [3.05, 3.63) is 54.4 Å². The Balaban J connectivity index is 1.96. The van der Waals surface area contributed by atoms with Crippen LogP contribution in [0.3, 0.4) is 0 Å². The summed E-state index contributed by atoms with van der Waals surface area (Å²) in [5.41, 5.74) is 13.8. The van der Waals surface area contributed by atoms with Crippen LogP contribution >= 0.6 is 0 Å². The molecular weight excluding hydrogens is 342 g/mol. The van der Waals surface area contributed by atoms with E-state index in [1.54, 1.807) is 12.3 Å². The van der Waals surface area contributed by atoms with Gasteiger partial charge in [-0.1, -0.05) is 18.2 Å². The Morgan fingerprint density at radius 3 is 2.56 bits per heavy atom.